The van der Waals surface area contributed by atoms with Gasteiger partial charge in [0.2, 0.25) is 5.91 Å². The van der Waals surface area contributed by atoms with E-state index < -0.39 is 23.8 Å². The normalized spacial score (nSPS) is 11.4. The summed E-state index contributed by atoms with van der Waals surface area (Å²) in [5.74, 6) is -1.68. The molecule has 0 aliphatic heterocycles. The van der Waals surface area contributed by atoms with Crippen molar-refractivity contribution in [3.05, 3.63) is 23.8 Å². The molecule has 8 nitrogen and oxygen atoms in total. The fraction of sp³-hybridized carbons (Fsp3) is 0.357. The maximum Gasteiger partial charge on any atom is 0.326 e. The highest BCUT2D eigenvalue weighted by Crippen LogP contribution is 2.27. The minimum absolute atomic E-state index is 0.0797. The smallest absolute Gasteiger partial charge is 0.326 e. The number of carboxylic acids is 1. The molecule has 0 saturated carbocycles. The lowest BCUT2D eigenvalue weighted by Gasteiger charge is -2.14. The second-order valence-corrected chi connectivity index (χ2v) is 4.44. The van der Waals surface area contributed by atoms with Crippen LogP contribution in [0.1, 0.15) is 23.2 Å². The molecule has 0 fully saturated rings. The Balaban J connectivity index is 2.85. The van der Waals surface area contributed by atoms with E-state index in [1.165, 1.54) is 32.4 Å². The van der Waals surface area contributed by atoms with Crippen molar-refractivity contribution in [2.45, 2.75) is 18.9 Å². The van der Waals surface area contributed by atoms with Crippen molar-refractivity contribution in [2.24, 2.45) is 5.73 Å². The molecule has 0 saturated heterocycles. The van der Waals surface area contributed by atoms with E-state index in [9.17, 15) is 14.4 Å². The summed E-state index contributed by atoms with van der Waals surface area (Å²) >= 11 is 0. The summed E-state index contributed by atoms with van der Waals surface area (Å²) in [7, 11) is 2.88. The zero-order valence-corrected chi connectivity index (χ0v) is 12.3. The van der Waals surface area contributed by atoms with Crippen molar-refractivity contribution >= 4 is 17.8 Å². The van der Waals surface area contributed by atoms with Crippen molar-refractivity contribution in [3.63, 3.8) is 0 Å². The zero-order valence-electron chi connectivity index (χ0n) is 12.3. The quantitative estimate of drug-likeness (QED) is 0.627. The number of hydrogen-bond acceptors (Lipinski definition) is 5. The first-order valence-electron chi connectivity index (χ1n) is 6.43. The number of hydrogen-bond donors (Lipinski definition) is 3. The summed E-state index contributed by atoms with van der Waals surface area (Å²) in [4.78, 5) is 33.9. The van der Waals surface area contributed by atoms with Gasteiger partial charge >= 0.3 is 5.97 Å². The van der Waals surface area contributed by atoms with E-state index in [1.54, 1.807) is 0 Å². The molecule has 0 radical (unpaired) electrons. The summed E-state index contributed by atoms with van der Waals surface area (Å²) in [5, 5.41) is 11.4. The number of ether oxygens (including phenoxy) is 2. The van der Waals surface area contributed by atoms with Crippen LogP contribution >= 0.6 is 0 Å². The Morgan fingerprint density at radius 1 is 1.23 bits per heavy atom. The summed E-state index contributed by atoms with van der Waals surface area (Å²) in [6.45, 7) is 0. The Morgan fingerprint density at radius 3 is 2.36 bits per heavy atom. The van der Waals surface area contributed by atoms with Crippen LogP contribution < -0.4 is 20.5 Å². The van der Waals surface area contributed by atoms with Gasteiger partial charge in [-0.3, -0.25) is 9.59 Å². The molecule has 0 aliphatic rings. The third-order valence-electron chi connectivity index (χ3n) is 2.93. The van der Waals surface area contributed by atoms with Gasteiger partial charge in [-0.1, -0.05) is 0 Å². The standard InChI is InChI=1S/C14H18N2O6/c1-21-10-5-3-8(7-11(10)22-2)13(18)16-9(14(19)20)4-6-12(15)17/h3,5,7,9H,4,6H2,1-2H3,(H2,15,17)(H,16,18)(H,19,20). The van der Waals surface area contributed by atoms with Gasteiger partial charge < -0.3 is 25.6 Å². The van der Waals surface area contributed by atoms with Crippen molar-refractivity contribution < 1.29 is 29.0 Å². The van der Waals surface area contributed by atoms with Gasteiger partial charge in [0, 0.05) is 12.0 Å². The van der Waals surface area contributed by atoms with E-state index in [0.29, 0.717) is 11.5 Å². The molecule has 22 heavy (non-hydrogen) atoms. The molecule has 4 N–H and O–H groups in total. The molecule has 1 atom stereocenters. The molecule has 0 bridgehead atoms. The first kappa shape index (κ1) is 17.3. The highest BCUT2D eigenvalue weighted by Gasteiger charge is 2.21. The zero-order chi connectivity index (χ0) is 16.7. The molecule has 0 spiro atoms. The van der Waals surface area contributed by atoms with E-state index in [1.807, 2.05) is 0 Å². The average molecular weight is 310 g/mol. The summed E-state index contributed by atoms with van der Waals surface area (Å²) < 4.78 is 10.1. The van der Waals surface area contributed by atoms with Crippen LogP contribution in [0, 0.1) is 0 Å². The Bertz CT molecular complexity index is 572. The highest BCUT2D eigenvalue weighted by atomic mass is 16.5. The Labute approximate surface area is 127 Å². The van der Waals surface area contributed by atoms with Gasteiger partial charge in [-0.25, -0.2) is 4.79 Å². The van der Waals surface area contributed by atoms with Gasteiger partial charge in [-0.2, -0.15) is 0 Å². The lowest BCUT2D eigenvalue weighted by atomic mass is 10.1. The third kappa shape index (κ3) is 4.65. The minimum atomic E-state index is -1.24. The number of carboxylic acid groups (broad SMARTS) is 1. The molecule has 0 heterocycles. The van der Waals surface area contributed by atoms with Crippen LogP contribution in [0.2, 0.25) is 0 Å². The number of primary amides is 1. The second kappa shape index (κ2) is 7.87. The monoisotopic (exact) mass is 310 g/mol. The van der Waals surface area contributed by atoms with Crippen LogP contribution in [0.15, 0.2) is 18.2 Å². The number of carbonyl (C=O) groups excluding carboxylic acids is 2. The lowest BCUT2D eigenvalue weighted by molar-refractivity contribution is -0.139. The molecule has 1 unspecified atom stereocenters. The number of nitrogens with two attached hydrogens (primary N) is 1. The number of methoxy groups -OCH3 is 2. The molecule has 2 amide bonds. The molecule has 1 aromatic rings. The Kier molecular flexibility index (Phi) is 6.18. The summed E-state index contributed by atoms with van der Waals surface area (Å²) in [5.41, 5.74) is 5.19. The average Bonchev–Trinajstić information content (AvgIpc) is 2.49. The predicted molar refractivity (Wildman–Crippen MR) is 76.9 cm³/mol. The van der Waals surface area contributed by atoms with Crippen molar-refractivity contribution in [1.82, 2.24) is 5.32 Å². The summed E-state index contributed by atoms with van der Waals surface area (Å²) in [6.07, 6.45) is -0.215. The fourth-order valence-electron chi connectivity index (χ4n) is 1.76. The molecule has 8 heteroatoms. The number of benzene rings is 1. The number of amides is 2. The van der Waals surface area contributed by atoms with Crippen LogP contribution in [0.25, 0.3) is 0 Å². The van der Waals surface area contributed by atoms with E-state index in [4.69, 9.17) is 20.3 Å². The SMILES string of the molecule is COc1ccc(C(=O)NC(CCC(N)=O)C(=O)O)cc1OC. The van der Waals surface area contributed by atoms with Crippen molar-refractivity contribution in [3.8, 4) is 11.5 Å². The van der Waals surface area contributed by atoms with Gasteiger partial charge in [-0.05, 0) is 24.6 Å². The Morgan fingerprint density at radius 2 is 1.86 bits per heavy atom. The van der Waals surface area contributed by atoms with Crippen molar-refractivity contribution in [2.75, 3.05) is 14.2 Å². The second-order valence-electron chi connectivity index (χ2n) is 4.44. The largest absolute Gasteiger partial charge is 0.493 e. The summed E-state index contributed by atoms with van der Waals surface area (Å²) in [6, 6.07) is 3.24. The van der Waals surface area contributed by atoms with Gasteiger partial charge in [0.1, 0.15) is 6.04 Å². The fourth-order valence-corrected chi connectivity index (χ4v) is 1.76. The molecule has 120 valence electrons. The van der Waals surface area contributed by atoms with Crippen LogP contribution in [0.4, 0.5) is 0 Å². The molecular weight excluding hydrogens is 292 g/mol. The van der Waals surface area contributed by atoms with Gasteiger partial charge in [0.05, 0.1) is 14.2 Å². The number of aliphatic carboxylic acids is 1. The first-order valence-corrected chi connectivity index (χ1v) is 6.43. The number of rotatable bonds is 8. The first-order chi connectivity index (χ1) is 10.4. The van der Waals surface area contributed by atoms with Crippen LogP contribution in [-0.2, 0) is 9.59 Å². The van der Waals surface area contributed by atoms with Gasteiger partial charge in [-0.15, -0.1) is 0 Å². The lowest BCUT2D eigenvalue weighted by Crippen LogP contribution is -2.41. The van der Waals surface area contributed by atoms with Gasteiger partial charge in [0.15, 0.2) is 11.5 Å². The van der Waals surface area contributed by atoms with Crippen LogP contribution in [0.3, 0.4) is 0 Å². The topological polar surface area (TPSA) is 128 Å². The predicted octanol–water partition coefficient (Wildman–Crippen LogP) is 0.152. The molecule has 1 rings (SSSR count). The van der Waals surface area contributed by atoms with Crippen LogP contribution in [0.5, 0.6) is 11.5 Å². The Hall–Kier alpha value is -2.77. The van der Waals surface area contributed by atoms with Gasteiger partial charge in [0.25, 0.3) is 5.91 Å². The maximum absolute atomic E-state index is 12.1. The maximum atomic E-state index is 12.1. The third-order valence-corrected chi connectivity index (χ3v) is 2.93. The molecule has 0 aliphatic carbocycles. The molecule has 0 aromatic heterocycles. The molecular formula is C14H18N2O6. The van der Waals surface area contributed by atoms with Crippen LogP contribution in [-0.4, -0.2) is 43.2 Å². The highest BCUT2D eigenvalue weighted by molar-refractivity contribution is 5.97. The molecule has 1 aromatic carbocycles. The number of nitrogens with one attached hydrogen (secondary N) is 1. The number of carbonyl (C=O) groups is 3. The van der Waals surface area contributed by atoms with Crippen molar-refractivity contribution in [1.29, 1.82) is 0 Å². The van der Waals surface area contributed by atoms with E-state index in [0.717, 1.165) is 0 Å². The van der Waals surface area contributed by atoms with E-state index in [2.05, 4.69) is 5.32 Å². The van der Waals surface area contributed by atoms with E-state index in [-0.39, 0.29) is 18.4 Å². The minimum Gasteiger partial charge on any atom is -0.493 e. The van der Waals surface area contributed by atoms with E-state index >= 15 is 0 Å².